The quantitative estimate of drug-likeness (QED) is 0.510. The SMILES string of the molecule is N#Cc1cnc(NCCc2c[nH]c3cc(F)ccc23)nc1NC1CCC(O)CC1. The van der Waals surface area contributed by atoms with Crippen LogP contribution in [-0.2, 0) is 6.42 Å². The number of rotatable bonds is 6. The molecule has 4 rings (SSSR count). The molecular weight excluding hydrogens is 371 g/mol. The number of anilines is 2. The highest BCUT2D eigenvalue weighted by atomic mass is 19.1. The van der Waals surface area contributed by atoms with Crippen molar-refractivity contribution in [3.63, 3.8) is 0 Å². The second-order valence-electron chi connectivity index (χ2n) is 7.40. The largest absolute Gasteiger partial charge is 0.393 e. The number of nitriles is 1. The molecular formula is C21H23FN6O. The number of hydrogen-bond acceptors (Lipinski definition) is 6. The Balaban J connectivity index is 1.40. The molecule has 150 valence electrons. The van der Waals surface area contributed by atoms with E-state index in [0.717, 1.165) is 48.6 Å². The van der Waals surface area contributed by atoms with Crippen LogP contribution in [0.25, 0.3) is 10.9 Å². The molecule has 0 aliphatic heterocycles. The predicted molar refractivity (Wildman–Crippen MR) is 109 cm³/mol. The van der Waals surface area contributed by atoms with E-state index in [4.69, 9.17) is 0 Å². The van der Waals surface area contributed by atoms with Crippen molar-refractivity contribution in [3.8, 4) is 6.07 Å². The first-order valence-electron chi connectivity index (χ1n) is 9.83. The lowest BCUT2D eigenvalue weighted by Crippen LogP contribution is -2.29. The van der Waals surface area contributed by atoms with Crippen molar-refractivity contribution in [2.75, 3.05) is 17.2 Å². The molecule has 0 bridgehead atoms. The van der Waals surface area contributed by atoms with E-state index in [9.17, 15) is 14.8 Å². The summed E-state index contributed by atoms with van der Waals surface area (Å²) in [5, 5.41) is 26.5. The fourth-order valence-corrected chi connectivity index (χ4v) is 3.75. The molecule has 4 N–H and O–H groups in total. The molecule has 1 aromatic carbocycles. The van der Waals surface area contributed by atoms with Gasteiger partial charge in [0.1, 0.15) is 23.3 Å². The topological polar surface area (TPSA) is 110 Å². The van der Waals surface area contributed by atoms with Gasteiger partial charge >= 0.3 is 0 Å². The van der Waals surface area contributed by atoms with E-state index in [2.05, 4.69) is 31.7 Å². The molecule has 1 aliphatic carbocycles. The van der Waals surface area contributed by atoms with Crippen molar-refractivity contribution in [1.82, 2.24) is 15.0 Å². The molecule has 29 heavy (non-hydrogen) atoms. The summed E-state index contributed by atoms with van der Waals surface area (Å²) in [7, 11) is 0. The average molecular weight is 394 g/mol. The van der Waals surface area contributed by atoms with Gasteiger partial charge < -0.3 is 20.7 Å². The van der Waals surface area contributed by atoms with Gasteiger partial charge in [-0.1, -0.05) is 0 Å². The molecule has 0 unspecified atom stereocenters. The summed E-state index contributed by atoms with van der Waals surface area (Å²) in [6.45, 7) is 0.602. The Hall–Kier alpha value is -3.18. The maximum atomic E-state index is 13.3. The number of aromatic amines is 1. The molecule has 2 aromatic heterocycles. The molecule has 0 spiro atoms. The first-order chi connectivity index (χ1) is 14.1. The van der Waals surface area contributed by atoms with Gasteiger partial charge in [-0.25, -0.2) is 9.37 Å². The highest BCUT2D eigenvalue weighted by Gasteiger charge is 2.20. The zero-order valence-corrected chi connectivity index (χ0v) is 16.0. The molecule has 1 aliphatic rings. The van der Waals surface area contributed by atoms with Crippen LogP contribution in [0.1, 0.15) is 36.8 Å². The van der Waals surface area contributed by atoms with E-state index in [1.165, 1.54) is 18.3 Å². The zero-order valence-electron chi connectivity index (χ0n) is 16.0. The van der Waals surface area contributed by atoms with Crippen molar-refractivity contribution in [2.45, 2.75) is 44.2 Å². The Morgan fingerprint density at radius 2 is 2.10 bits per heavy atom. The monoisotopic (exact) mass is 394 g/mol. The molecule has 2 heterocycles. The smallest absolute Gasteiger partial charge is 0.224 e. The molecule has 0 atom stereocenters. The summed E-state index contributed by atoms with van der Waals surface area (Å²) in [4.78, 5) is 11.8. The van der Waals surface area contributed by atoms with Crippen LogP contribution in [-0.4, -0.2) is 38.7 Å². The summed E-state index contributed by atoms with van der Waals surface area (Å²) < 4.78 is 13.3. The number of aliphatic hydroxyl groups excluding tert-OH is 1. The van der Waals surface area contributed by atoms with Crippen LogP contribution in [0.15, 0.2) is 30.6 Å². The number of halogens is 1. The number of benzene rings is 1. The van der Waals surface area contributed by atoms with Gasteiger partial charge in [0.25, 0.3) is 0 Å². The average Bonchev–Trinajstić information content (AvgIpc) is 3.12. The Labute approximate surface area is 168 Å². The van der Waals surface area contributed by atoms with Crippen molar-refractivity contribution >= 4 is 22.7 Å². The van der Waals surface area contributed by atoms with Crippen LogP contribution in [0.4, 0.5) is 16.2 Å². The van der Waals surface area contributed by atoms with Gasteiger partial charge in [0.2, 0.25) is 5.95 Å². The number of hydrogen-bond donors (Lipinski definition) is 4. The lowest BCUT2D eigenvalue weighted by molar-refractivity contribution is 0.126. The fraction of sp³-hybridized carbons (Fsp3) is 0.381. The summed E-state index contributed by atoms with van der Waals surface area (Å²) in [5.41, 5.74) is 2.26. The maximum absolute atomic E-state index is 13.3. The third-order valence-electron chi connectivity index (χ3n) is 5.35. The van der Waals surface area contributed by atoms with Crippen LogP contribution >= 0.6 is 0 Å². The van der Waals surface area contributed by atoms with Crippen molar-refractivity contribution in [2.24, 2.45) is 0 Å². The van der Waals surface area contributed by atoms with Gasteiger partial charge in [0, 0.05) is 29.7 Å². The third-order valence-corrected chi connectivity index (χ3v) is 5.35. The summed E-state index contributed by atoms with van der Waals surface area (Å²) >= 11 is 0. The van der Waals surface area contributed by atoms with Gasteiger partial charge in [-0.3, -0.25) is 0 Å². The Kier molecular flexibility index (Phi) is 5.58. The number of fused-ring (bicyclic) bond motifs is 1. The van der Waals surface area contributed by atoms with Crippen LogP contribution in [0.3, 0.4) is 0 Å². The van der Waals surface area contributed by atoms with Gasteiger partial charge in [-0.2, -0.15) is 10.2 Å². The molecule has 0 saturated heterocycles. The highest BCUT2D eigenvalue weighted by molar-refractivity contribution is 5.83. The first kappa shape index (κ1) is 19.2. The third kappa shape index (κ3) is 4.46. The number of H-pyrrole nitrogens is 1. The molecule has 1 fully saturated rings. The molecule has 1 saturated carbocycles. The Bertz CT molecular complexity index is 1040. The van der Waals surface area contributed by atoms with Crippen molar-refractivity contribution in [3.05, 3.63) is 47.5 Å². The second kappa shape index (κ2) is 8.45. The number of aliphatic hydroxyl groups is 1. The first-order valence-corrected chi connectivity index (χ1v) is 9.83. The van der Waals surface area contributed by atoms with Crippen LogP contribution < -0.4 is 10.6 Å². The van der Waals surface area contributed by atoms with Gasteiger partial charge in [-0.05, 0) is 55.9 Å². The number of aromatic nitrogens is 3. The summed E-state index contributed by atoms with van der Waals surface area (Å²) in [6.07, 6.45) is 7.10. The van der Waals surface area contributed by atoms with Crippen molar-refractivity contribution in [1.29, 1.82) is 5.26 Å². The van der Waals surface area contributed by atoms with E-state index < -0.39 is 0 Å². The molecule has 7 nitrogen and oxygen atoms in total. The normalized spacial score (nSPS) is 19.1. The lowest BCUT2D eigenvalue weighted by atomic mass is 9.93. The molecule has 0 amide bonds. The van der Waals surface area contributed by atoms with E-state index in [1.807, 2.05) is 6.20 Å². The Morgan fingerprint density at radius 3 is 2.90 bits per heavy atom. The molecule has 3 aromatic rings. The van der Waals surface area contributed by atoms with Gasteiger partial charge in [-0.15, -0.1) is 0 Å². The van der Waals surface area contributed by atoms with Crippen LogP contribution in [0, 0.1) is 17.1 Å². The van der Waals surface area contributed by atoms with Crippen LogP contribution in [0.5, 0.6) is 0 Å². The minimum Gasteiger partial charge on any atom is -0.393 e. The second-order valence-corrected chi connectivity index (χ2v) is 7.40. The fourth-order valence-electron chi connectivity index (χ4n) is 3.75. The minimum absolute atomic E-state index is 0.194. The number of nitrogens with zero attached hydrogens (tertiary/aromatic N) is 3. The summed E-state index contributed by atoms with van der Waals surface area (Å²) in [5.74, 6) is 0.713. The van der Waals surface area contributed by atoms with E-state index in [0.29, 0.717) is 23.9 Å². The van der Waals surface area contributed by atoms with Gasteiger partial charge in [0.05, 0.1) is 12.3 Å². The number of nitrogens with one attached hydrogen (secondary N) is 3. The van der Waals surface area contributed by atoms with Crippen LogP contribution in [0.2, 0.25) is 0 Å². The highest BCUT2D eigenvalue weighted by Crippen LogP contribution is 2.24. The Morgan fingerprint density at radius 1 is 1.28 bits per heavy atom. The van der Waals surface area contributed by atoms with Crippen molar-refractivity contribution < 1.29 is 9.50 Å². The lowest BCUT2D eigenvalue weighted by Gasteiger charge is -2.26. The molecule has 0 radical (unpaired) electrons. The molecule has 8 heteroatoms. The predicted octanol–water partition coefficient (Wildman–Crippen LogP) is 3.34. The van der Waals surface area contributed by atoms with E-state index >= 15 is 0 Å². The minimum atomic E-state index is -0.262. The van der Waals surface area contributed by atoms with Gasteiger partial charge in [0.15, 0.2) is 0 Å². The summed E-state index contributed by atoms with van der Waals surface area (Å²) in [6, 6.07) is 7.04. The van der Waals surface area contributed by atoms with E-state index in [1.54, 1.807) is 6.07 Å². The standard InChI is InChI=1S/C21H23FN6O/c22-15-1-6-18-13(11-25-19(18)9-15)7-8-24-21-26-12-14(10-23)20(28-21)27-16-2-4-17(29)5-3-16/h1,6,9,11-12,16-17,25,29H,2-5,7-8H2,(H2,24,26,27,28). The maximum Gasteiger partial charge on any atom is 0.224 e. The zero-order chi connectivity index (χ0) is 20.2. The van der Waals surface area contributed by atoms with E-state index in [-0.39, 0.29) is 18.0 Å².